The monoisotopic (exact) mass is 551 g/mol. The van der Waals surface area contributed by atoms with Crippen molar-refractivity contribution in [3.05, 3.63) is 65.5 Å². The van der Waals surface area contributed by atoms with Crippen molar-refractivity contribution in [3.63, 3.8) is 0 Å². The second-order valence-corrected chi connectivity index (χ2v) is 11.4. The van der Waals surface area contributed by atoms with E-state index in [9.17, 15) is 23.1 Å². The third-order valence-corrected chi connectivity index (χ3v) is 8.63. The van der Waals surface area contributed by atoms with E-state index in [1.54, 1.807) is 48.6 Å². The van der Waals surface area contributed by atoms with E-state index in [2.05, 4.69) is 9.97 Å². The third kappa shape index (κ3) is 4.76. The first kappa shape index (κ1) is 26.4. The summed E-state index contributed by atoms with van der Waals surface area (Å²) in [7, 11) is -1.99. The van der Waals surface area contributed by atoms with E-state index in [4.69, 9.17) is 4.74 Å². The molecular formula is C27H29N5O6S. The van der Waals surface area contributed by atoms with Crippen molar-refractivity contribution in [2.45, 2.75) is 26.0 Å². The molecule has 39 heavy (non-hydrogen) atoms. The van der Waals surface area contributed by atoms with Gasteiger partial charge in [0, 0.05) is 44.5 Å². The molecule has 0 radical (unpaired) electrons. The Morgan fingerprint density at radius 1 is 1.15 bits per heavy atom. The van der Waals surface area contributed by atoms with Gasteiger partial charge in [-0.1, -0.05) is 13.0 Å². The number of hydrogen-bond donors (Lipinski definition) is 1. The highest BCUT2D eigenvalue weighted by Crippen LogP contribution is 2.40. The summed E-state index contributed by atoms with van der Waals surface area (Å²) in [6.07, 6.45) is 3.83. The highest BCUT2D eigenvalue weighted by atomic mass is 32.2. The molecule has 12 heteroatoms. The van der Waals surface area contributed by atoms with E-state index in [0.717, 1.165) is 9.87 Å². The number of ether oxygens (including phenoxy) is 1. The highest BCUT2D eigenvalue weighted by molar-refractivity contribution is 7.92. The molecular weight excluding hydrogens is 522 g/mol. The molecule has 0 fully saturated rings. The van der Waals surface area contributed by atoms with Gasteiger partial charge in [-0.3, -0.25) is 13.9 Å². The van der Waals surface area contributed by atoms with Crippen LogP contribution in [-0.2, 0) is 27.0 Å². The number of anilines is 4. The van der Waals surface area contributed by atoms with Crippen molar-refractivity contribution in [2.75, 3.05) is 40.8 Å². The number of fused-ring (bicyclic) bond motifs is 3. The number of aromatic nitrogens is 2. The number of carbonyl (C=O) groups excluding carboxylic acids is 1. The van der Waals surface area contributed by atoms with Gasteiger partial charge >= 0.3 is 5.97 Å². The Morgan fingerprint density at radius 3 is 2.67 bits per heavy atom. The van der Waals surface area contributed by atoms with Gasteiger partial charge in [-0.15, -0.1) is 0 Å². The fourth-order valence-electron chi connectivity index (χ4n) is 4.85. The minimum Gasteiger partial charge on any atom is -0.493 e. The smallest absolute Gasteiger partial charge is 0.308 e. The average Bonchev–Trinajstić information content (AvgIpc) is 3.14. The van der Waals surface area contributed by atoms with Gasteiger partial charge in [0.05, 0.1) is 29.5 Å². The quantitative estimate of drug-likeness (QED) is 0.448. The molecule has 204 valence electrons. The van der Waals surface area contributed by atoms with Gasteiger partial charge in [0.25, 0.3) is 5.91 Å². The SMILES string of the molecule is CCN1c2ncc(CCOc3cccc4c3CS(=O)(=O)N4CC(C)C(=O)O)cc2C(=O)N(C)c2cccnc21. The number of carbonyl (C=O) groups is 2. The largest absolute Gasteiger partial charge is 0.493 e. The number of benzene rings is 1. The lowest BCUT2D eigenvalue weighted by Gasteiger charge is -2.22. The van der Waals surface area contributed by atoms with E-state index in [0.29, 0.717) is 52.9 Å². The molecule has 11 nitrogen and oxygen atoms in total. The molecule has 0 bridgehead atoms. The van der Waals surface area contributed by atoms with Crippen LogP contribution in [0.15, 0.2) is 48.8 Å². The molecule has 2 aromatic heterocycles. The standard InChI is InChI=1S/C27H29N5O6S/c1-4-31-24-19(26(33)30(3)22-8-6-11-28-25(22)31)13-18(14-29-24)10-12-38-23-9-5-7-21-20(23)16-39(36,37)32(21)15-17(2)27(34)35/h5-9,11,13-14,17H,4,10,12,15-16H2,1-3H3,(H,34,35). The highest BCUT2D eigenvalue weighted by Gasteiger charge is 2.37. The summed E-state index contributed by atoms with van der Waals surface area (Å²) in [5, 5.41) is 9.25. The molecule has 5 rings (SSSR count). The van der Waals surface area contributed by atoms with Gasteiger partial charge in [-0.2, -0.15) is 0 Å². The molecule has 4 heterocycles. The predicted molar refractivity (Wildman–Crippen MR) is 146 cm³/mol. The van der Waals surface area contributed by atoms with Crippen LogP contribution in [0.4, 0.5) is 23.0 Å². The van der Waals surface area contributed by atoms with Crippen LogP contribution in [0.25, 0.3) is 0 Å². The maximum Gasteiger partial charge on any atom is 0.308 e. The minimum absolute atomic E-state index is 0.147. The second-order valence-electron chi connectivity index (χ2n) is 9.55. The first-order chi connectivity index (χ1) is 18.6. The molecule has 3 aromatic rings. The lowest BCUT2D eigenvalue weighted by Crippen LogP contribution is -2.34. The van der Waals surface area contributed by atoms with Crippen LogP contribution < -0.4 is 18.8 Å². The van der Waals surface area contributed by atoms with Crippen LogP contribution in [0.3, 0.4) is 0 Å². The summed E-state index contributed by atoms with van der Waals surface area (Å²) in [6, 6.07) is 10.5. The Bertz CT molecular complexity index is 1560. The fourth-order valence-corrected chi connectivity index (χ4v) is 6.59. The normalized spacial score (nSPS) is 16.3. The van der Waals surface area contributed by atoms with Gasteiger partial charge in [-0.25, -0.2) is 18.4 Å². The zero-order chi connectivity index (χ0) is 27.9. The Labute approximate surface area is 226 Å². The van der Waals surface area contributed by atoms with Gasteiger partial charge in [0.15, 0.2) is 5.82 Å². The number of amides is 1. The number of sulfonamides is 1. The van der Waals surface area contributed by atoms with Crippen molar-refractivity contribution >= 4 is 44.9 Å². The zero-order valence-corrected chi connectivity index (χ0v) is 22.7. The van der Waals surface area contributed by atoms with E-state index in [1.807, 2.05) is 24.0 Å². The number of pyridine rings is 2. The van der Waals surface area contributed by atoms with Crippen molar-refractivity contribution in [2.24, 2.45) is 5.92 Å². The first-order valence-electron chi connectivity index (χ1n) is 12.6. The van der Waals surface area contributed by atoms with Crippen LogP contribution in [0, 0.1) is 5.92 Å². The number of aliphatic carboxylic acids is 1. The fraction of sp³-hybridized carbons (Fsp3) is 0.333. The predicted octanol–water partition coefficient (Wildman–Crippen LogP) is 3.22. The maximum atomic E-state index is 13.3. The summed E-state index contributed by atoms with van der Waals surface area (Å²) < 4.78 is 32.8. The van der Waals surface area contributed by atoms with Crippen LogP contribution in [0.2, 0.25) is 0 Å². The molecule has 1 N–H and O–H groups in total. The lowest BCUT2D eigenvalue weighted by atomic mass is 10.1. The Hall–Kier alpha value is -4.19. The van der Waals surface area contributed by atoms with Gasteiger partial charge in [-0.05, 0) is 42.8 Å². The van der Waals surface area contributed by atoms with E-state index in [1.165, 1.54) is 6.92 Å². The van der Waals surface area contributed by atoms with Crippen molar-refractivity contribution in [1.29, 1.82) is 0 Å². The number of carboxylic acid groups (broad SMARTS) is 1. The molecule has 0 spiro atoms. The Balaban J connectivity index is 1.35. The molecule has 0 aliphatic carbocycles. The van der Waals surface area contributed by atoms with E-state index in [-0.39, 0.29) is 24.8 Å². The van der Waals surface area contributed by atoms with Crippen LogP contribution in [0.5, 0.6) is 5.75 Å². The lowest BCUT2D eigenvalue weighted by molar-refractivity contribution is -0.140. The first-order valence-corrected chi connectivity index (χ1v) is 14.2. The van der Waals surface area contributed by atoms with E-state index < -0.39 is 21.9 Å². The minimum atomic E-state index is -3.70. The number of rotatable bonds is 8. The van der Waals surface area contributed by atoms with Crippen LogP contribution >= 0.6 is 0 Å². The van der Waals surface area contributed by atoms with Crippen LogP contribution in [-0.4, -0.2) is 62.1 Å². The third-order valence-electron chi connectivity index (χ3n) is 6.96. The molecule has 1 unspecified atom stereocenters. The van der Waals surface area contributed by atoms with Gasteiger partial charge in [0.2, 0.25) is 10.0 Å². The van der Waals surface area contributed by atoms with Gasteiger partial charge in [0.1, 0.15) is 17.3 Å². The molecule has 2 aliphatic heterocycles. The average molecular weight is 552 g/mol. The zero-order valence-electron chi connectivity index (χ0n) is 21.9. The van der Waals surface area contributed by atoms with E-state index >= 15 is 0 Å². The number of hydrogen-bond acceptors (Lipinski definition) is 8. The molecule has 2 aliphatic rings. The van der Waals surface area contributed by atoms with Crippen molar-refractivity contribution in [1.82, 2.24) is 9.97 Å². The van der Waals surface area contributed by atoms with Crippen LogP contribution in [0.1, 0.15) is 35.3 Å². The summed E-state index contributed by atoms with van der Waals surface area (Å²) >= 11 is 0. The summed E-state index contributed by atoms with van der Waals surface area (Å²) in [5.41, 5.74) is 2.91. The Kier molecular flexibility index (Phi) is 6.89. The summed E-state index contributed by atoms with van der Waals surface area (Å²) in [4.78, 5) is 37.3. The Morgan fingerprint density at radius 2 is 1.92 bits per heavy atom. The number of nitrogens with zero attached hydrogens (tertiary/aromatic N) is 5. The second kappa shape index (κ2) is 10.2. The molecule has 1 atom stereocenters. The summed E-state index contributed by atoms with van der Waals surface area (Å²) in [6.45, 7) is 4.11. The topological polar surface area (TPSA) is 133 Å². The van der Waals surface area contributed by atoms with Crippen molar-refractivity contribution < 1.29 is 27.9 Å². The molecule has 0 saturated carbocycles. The van der Waals surface area contributed by atoms with Crippen molar-refractivity contribution in [3.8, 4) is 5.75 Å². The molecule has 0 saturated heterocycles. The molecule has 1 aromatic carbocycles. The maximum absolute atomic E-state index is 13.3. The number of carboxylic acids is 1. The van der Waals surface area contributed by atoms with Gasteiger partial charge < -0.3 is 19.6 Å². The summed E-state index contributed by atoms with van der Waals surface area (Å²) in [5.74, 6) is -0.729. The molecule has 1 amide bonds.